The van der Waals surface area contributed by atoms with Gasteiger partial charge < -0.3 is 14.9 Å². The first-order valence-corrected chi connectivity index (χ1v) is 5.76. The fraction of sp³-hybridized carbons (Fsp3) is 0.308. The first-order chi connectivity index (χ1) is 8.71. The Morgan fingerprint density at radius 3 is 2.72 bits per heavy atom. The molecule has 1 aromatic heterocycles. The lowest BCUT2D eigenvalue weighted by Crippen LogP contribution is -2.00. The van der Waals surface area contributed by atoms with Crippen LogP contribution in [0.15, 0.2) is 24.3 Å². The summed E-state index contributed by atoms with van der Waals surface area (Å²) in [4.78, 5) is 0. The summed E-state index contributed by atoms with van der Waals surface area (Å²) >= 11 is 0. The molecule has 0 fully saturated rings. The van der Waals surface area contributed by atoms with E-state index in [0.717, 1.165) is 5.69 Å². The van der Waals surface area contributed by atoms with Gasteiger partial charge in [0.05, 0.1) is 30.7 Å². The number of hydrogen-bond acceptors (Lipinski definition) is 4. The van der Waals surface area contributed by atoms with Gasteiger partial charge in [0.25, 0.3) is 0 Å². The number of methoxy groups -OCH3 is 1. The van der Waals surface area contributed by atoms with Crippen LogP contribution in [0, 0.1) is 0 Å². The van der Waals surface area contributed by atoms with Crippen molar-refractivity contribution in [3.63, 3.8) is 0 Å². The monoisotopic (exact) mass is 248 g/mol. The number of rotatable bonds is 4. The van der Waals surface area contributed by atoms with Crippen LogP contribution in [0.2, 0.25) is 0 Å². The molecule has 0 spiro atoms. The number of phenolic OH excluding ortho intramolecular Hbond substituents is 1. The fourth-order valence-electron chi connectivity index (χ4n) is 1.93. The third-order valence-electron chi connectivity index (χ3n) is 2.78. The summed E-state index contributed by atoms with van der Waals surface area (Å²) in [5.74, 6) is 0.661. The molecule has 0 aliphatic carbocycles. The number of aromatic hydroxyl groups is 1. The maximum absolute atomic E-state index is 9.50. The van der Waals surface area contributed by atoms with Gasteiger partial charge in [0.1, 0.15) is 5.75 Å². The SMILES string of the molecule is CCc1nn(-c2cccc(O)c2)c(OC)c1CO. The lowest BCUT2D eigenvalue weighted by Gasteiger charge is -2.07. The summed E-state index contributed by atoms with van der Waals surface area (Å²) < 4.78 is 6.89. The highest BCUT2D eigenvalue weighted by Crippen LogP contribution is 2.27. The number of benzene rings is 1. The lowest BCUT2D eigenvalue weighted by molar-refractivity contribution is 0.271. The topological polar surface area (TPSA) is 67.5 Å². The summed E-state index contributed by atoms with van der Waals surface area (Å²) in [5, 5.41) is 23.3. The predicted molar refractivity (Wildman–Crippen MR) is 67.1 cm³/mol. The van der Waals surface area contributed by atoms with E-state index in [-0.39, 0.29) is 12.4 Å². The van der Waals surface area contributed by atoms with Crippen LogP contribution in [0.4, 0.5) is 0 Å². The van der Waals surface area contributed by atoms with Gasteiger partial charge in [-0.05, 0) is 18.6 Å². The normalized spacial score (nSPS) is 10.6. The standard InChI is InChI=1S/C13H16N2O3/c1-3-12-11(8-16)13(18-2)15(14-12)9-5-4-6-10(17)7-9/h4-7,16-17H,3,8H2,1-2H3. The largest absolute Gasteiger partial charge is 0.508 e. The number of aromatic nitrogens is 2. The molecule has 0 aliphatic rings. The van der Waals surface area contributed by atoms with Crippen molar-refractivity contribution in [2.24, 2.45) is 0 Å². The van der Waals surface area contributed by atoms with Gasteiger partial charge >= 0.3 is 0 Å². The smallest absolute Gasteiger partial charge is 0.222 e. The van der Waals surface area contributed by atoms with Gasteiger partial charge in [0, 0.05) is 6.07 Å². The average Bonchev–Trinajstić information content (AvgIpc) is 2.76. The van der Waals surface area contributed by atoms with E-state index in [1.165, 1.54) is 7.11 Å². The van der Waals surface area contributed by atoms with E-state index in [4.69, 9.17) is 4.74 Å². The van der Waals surface area contributed by atoms with Crippen molar-refractivity contribution >= 4 is 0 Å². The van der Waals surface area contributed by atoms with Crippen molar-refractivity contribution in [1.29, 1.82) is 0 Å². The molecule has 5 nitrogen and oxygen atoms in total. The first kappa shape index (κ1) is 12.4. The molecule has 0 saturated carbocycles. The van der Waals surface area contributed by atoms with Gasteiger partial charge in [-0.25, -0.2) is 4.68 Å². The second kappa shape index (κ2) is 5.10. The van der Waals surface area contributed by atoms with Crippen LogP contribution >= 0.6 is 0 Å². The van der Waals surface area contributed by atoms with Crippen molar-refractivity contribution in [2.45, 2.75) is 20.0 Å². The van der Waals surface area contributed by atoms with E-state index in [0.29, 0.717) is 23.6 Å². The maximum Gasteiger partial charge on any atom is 0.222 e. The molecule has 0 radical (unpaired) electrons. The second-order valence-electron chi connectivity index (χ2n) is 3.88. The Kier molecular flexibility index (Phi) is 3.53. The molecule has 96 valence electrons. The molecule has 0 aliphatic heterocycles. The molecule has 2 N–H and O–H groups in total. The van der Waals surface area contributed by atoms with Crippen molar-refractivity contribution in [3.05, 3.63) is 35.5 Å². The second-order valence-corrected chi connectivity index (χ2v) is 3.88. The van der Waals surface area contributed by atoms with Crippen molar-refractivity contribution in [2.75, 3.05) is 7.11 Å². The summed E-state index contributed by atoms with van der Waals surface area (Å²) in [5.41, 5.74) is 2.17. The van der Waals surface area contributed by atoms with E-state index in [1.54, 1.807) is 22.9 Å². The molecule has 1 aromatic carbocycles. The van der Waals surface area contributed by atoms with Crippen LogP contribution in [-0.2, 0) is 13.0 Å². The summed E-state index contributed by atoms with van der Waals surface area (Å²) in [6.07, 6.45) is 0.706. The van der Waals surface area contributed by atoms with E-state index in [9.17, 15) is 10.2 Å². The van der Waals surface area contributed by atoms with E-state index in [1.807, 2.05) is 13.0 Å². The number of hydrogen-bond donors (Lipinski definition) is 2. The van der Waals surface area contributed by atoms with E-state index < -0.39 is 0 Å². The Morgan fingerprint density at radius 1 is 1.39 bits per heavy atom. The molecule has 0 unspecified atom stereocenters. The van der Waals surface area contributed by atoms with Crippen LogP contribution in [0.3, 0.4) is 0 Å². The molecular weight excluding hydrogens is 232 g/mol. The maximum atomic E-state index is 9.50. The van der Waals surface area contributed by atoms with Crippen molar-refractivity contribution < 1.29 is 14.9 Å². The Bertz CT molecular complexity index is 549. The lowest BCUT2D eigenvalue weighted by atomic mass is 10.2. The van der Waals surface area contributed by atoms with Crippen LogP contribution in [0.1, 0.15) is 18.2 Å². The molecule has 18 heavy (non-hydrogen) atoms. The average molecular weight is 248 g/mol. The third-order valence-corrected chi connectivity index (χ3v) is 2.78. The van der Waals surface area contributed by atoms with Gasteiger partial charge in [-0.3, -0.25) is 0 Å². The zero-order valence-corrected chi connectivity index (χ0v) is 10.4. The van der Waals surface area contributed by atoms with Crippen LogP contribution in [-0.4, -0.2) is 27.1 Å². The Labute approximate surface area is 105 Å². The molecule has 0 atom stereocenters. The van der Waals surface area contributed by atoms with E-state index >= 15 is 0 Å². The fourth-order valence-corrected chi connectivity index (χ4v) is 1.93. The van der Waals surface area contributed by atoms with Crippen LogP contribution in [0.25, 0.3) is 5.69 Å². The molecule has 5 heteroatoms. The zero-order chi connectivity index (χ0) is 13.1. The number of aliphatic hydroxyl groups excluding tert-OH is 1. The molecular formula is C13H16N2O3. The number of phenols is 1. The van der Waals surface area contributed by atoms with Gasteiger partial charge in [-0.1, -0.05) is 13.0 Å². The first-order valence-electron chi connectivity index (χ1n) is 5.76. The number of nitrogens with zero attached hydrogens (tertiary/aromatic N) is 2. The number of ether oxygens (including phenoxy) is 1. The molecule has 2 aromatic rings. The molecule has 1 heterocycles. The predicted octanol–water partition coefficient (Wildman–Crippen LogP) is 1.64. The Hall–Kier alpha value is -2.01. The van der Waals surface area contributed by atoms with Crippen molar-refractivity contribution in [3.8, 4) is 17.3 Å². The summed E-state index contributed by atoms with van der Waals surface area (Å²) in [6.45, 7) is 1.85. The highest BCUT2D eigenvalue weighted by Gasteiger charge is 2.17. The van der Waals surface area contributed by atoms with Crippen molar-refractivity contribution in [1.82, 2.24) is 9.78 Å². The minimum atomic E-state index is -0.120. The summed E-state index contributed by atoms with van der Waals surface area (Å²) in [7, 11) is 1.54. The number of aliphatic hydroxyl groups is 1. The Morgan fingerprint density at radius 2 is 2.17 bits per heavy atom. The van der Waals surface area contributed by atoms with Crippen LogP contribution in [0.5, 0.6) is 11.6 Å². The zero-order valence-electron chi connectivity index (χ0n) is 10.4. The molecule has 0 amide bonds. The van der Waals surface area contributed by atoms with Gasteiger partial charge in [-0.2, -0.15) is 5.10 Å². The molecule has 0 saturated heterocycles. The highest BCUT2D eigenvalue weighted by atomic mass is 16.5. The third kappa shape index (κ3) is 2.04. The Balaban J connectivity index is 2.60. The van der Waals surface area contributed by atoms with E-state index in [2.05, 4.69) is 5.10 Å². The van der Waals surface area contributed by atoms with Gasteiger partial charge in [0.2, 0.25) is 5.88 Å². The minimum absolute atomic E-state index is 0.120. The van der Waals surface area contributed by atoms with Crippen LogP contribution < -0.4 is 4.74 Å². The number of aryl methyl sites for hydroxylation is 1. The molecule has 2 rings (SSSR count). The molecule has 0 bridgehead atoms. The summed E-state index contributed by atoms with van der Waals surface area (Å²) in [6, 6.07) is 6.73. The van der Waals surface area contributed by atoms with Gasteiger partial charge in [-0.15, -0.1) is 0 Å². The minimum Gasteiger partial charge on any atom is -0.508 e. The quantitative estimate of drug-likeness (QED) is 0.863. The van der Waals surface area contributed by atoms with Gasteiger partial charge in [0.15, 0.2) is 0 Å². The highest BCUT2D eigenvalue weighted by molar-refractivity contribution is 5.44.